The molecule has 0 atom stereocenters. The second-order valence-electron chi connectivity index (χ2n) is 0. The highest BCUT2D eigenvalue weighted by Crippen LogP contribution is -0.283. The number of rotatable bonds is 0. The lowest BCUT2D eigenvalue weighted by atomic mass is 14.0. The summed E-state index contributed by atoms with van der Waals surface area (Å²) in [7, 11) is 0. The van der Waals surface area contributed by atoms with Gasteiger partial charge in [-0.25, -0.2) is 0 Å². The molecule has 0 aliphatic heterocycles. The zero-order valence-electron chi connectivity index (χ0n) is 41.4. The standard InChI is InChI=1S/55H3N.5H2O/h55*1H3;5*1H2. The van der Waals surface area contributed by atoms with Crippen molar-refractivity contribution < 1.29 is 27.4 Å². The van der Waals surface area contributed by atoms with Gasteiger partial charge < -0.3 is 366 Å². The lowest BCUT2D eigenvalue weighted by Gasteiger charge is -0.413. The molecule has 60 heteroatoms. The third-order valence-corrected chi connectivity index (χ3v) is 0. The van der Waals surface area contributed by atoms with E-state index in [0.29, 0.717) is 0 Å². The highest BCUT2D eigenvalue weighted by Gasteiger charge is -0.288. The zero-order valence-corrected chi connectivity index (χ0v) is 41.4. The van der Waals surface area contributed by atoms with Crippen molar-refractivity contribution in [3.05, 3.63) is 0 Å². The fraction of sp³-hybridized carbons (Fsp3) is 0. The smallest absolute Gasteiger partial charge is 0.344 e. The molecule has 0 rings (SSSR count). The fourth-order valence-corrected chi connectivity index (χ4v) is 0. The Hall–Kier alpha value is -2.40. The summed E-state index contributed by atoms with van der Waals surface area (Å²) in [6.07, 6.45) is 0. The topological polar surface area (TPSA) is 2080 Å². The Labute approximate surface area is 366 Å². The van der Waals surface area contributed by atoms with Gasteiger partial charge in [-0.15, -0.1) is 0 Å². The molecule has 0 saturated heterocycles. The van der Waals surface area contributed by atoms with Gasteiger partial charge in [0.25, 0.3) is 0 Å². The number of hydrogen-bond donors (Lipinski definition) is 55. The van der Waals surface area contributed by atoms with Crippen LogP contribution in [-0.4, -0.2) is 27.4 Å². The van der Waals surface area contributed by atoms with Crippen molar-refractivity contribution in [1.29, 1.82) is 0 Å². The molecular formula is H175N55O5. The molecule has 0 amide bonds. The maximum atomic E-state index is 0. The average Bonchev–Trinajstić information content (AvgIpc) is 0. The first kappa shape index (κ1) is 32000. The highest BCUT2D eigenvalue weighted by molar-refractivity contribution is 2.19. The zero-order chi connectivity index (χ0) is 0. The van der Waals surface area contributed by atoms with Crippen molar-refractivity contribution in [3.8, 4) is 0 Å². The molecule has 480 valence electrons. The van der Waals surface area contributed by atoms with Gasteiger partial charge in [0, 0.05) is 0 Å². The molecule has 60 nitrogen and oxygen atoms in total. The lowest BCUT2D eigenvalue weighted by molar-refractivity contribution is 0.823. The summed E-state index contributed by atoms with van der Waals surface area (Å²) in [6.45, 7) is 0. The summed E-state index contributed by atoms with van der Waals surface area (Å²) in [5.41, 5.74) is 0. The Bertz CT molecular complexity index is 24.8. The molecule has 0 spiro atoms. The Morgan fingerprint density at radius 1 is 0.0333 bits per heavy atom. The van der Waals surface area contributed by atoms with Crippen molar-refractivity contribution in [2.45, 2.75) is 0 Å². The van der Waals surface area contributed by atoms with Crippen LogP contribution in [0.15, 0.2) is 0 Å². The molecule has 0 aliphatic carbocycles. The van der Waals surface area contributed by atoms with Crippen LogP contribution in [0.1, 0.15) is 0 Å². The molecular weight excluding hydrogens is 850 g/mol. The van der Waals surface area contributed by atoms with Crippen LogP contribution in [0.4, 0.5) is 0 Å². The minimum Gasteiger partial charge on any atom is -0.412 e. The molecule has 0 aromatic rings. The van der Waals surface area contributed by atoms with E-state index in [0.717, 1.165) is 0 Å². The summed E-state index contributed by atoms with van der Waals surface area (Å²) in [5.74, 6) is 0. The predicted molar refractivity (Wildman–Crippen MR) is 294 cm³/mol. The van der Waals surface area contributed by atoms with Crippen molar-refractivity contribution in [1.82, 2.24) is 338 Å². The molecule has 60 heavy (non-hydrogen) atoms. The first-order valence-electron chi connectivity index (χ1n) is 0. The van der Waals surface area contributed by atoms with Gasteiger partial charge in [0.15, 0.2) is 0 Å². The molecule has 0 fully saturated rings. The van der Waals surface area contributed by atoms with E-state index >= 15 is 0 Å². The predicted octanol–water partition coefficient (Wildman–Crippen LogP) is 4.79. The summed E-state index contributed by atoms with van der Waals surface area (Å²) < 4.78 is 0. The minimum atomic E-state index is 0. The quantitative estimate of drug-likeness (QED) is 0.155. The summed E-state index contributed by atoms with van der Waals surface area (Å²) in [6, 6.07) is 0. The minimum absolute atomic E-state index is 0. The van der Waals surface area contributed by atoms with Gasteiger partial charge in [-0.3, -0.25) is 0 Å². The Kier molecular flexibility index (Phi) is 16200000. The molecule has 175 N–H and O–H groups in total. The summed E-state index contributed by atoms with van der Waals surface area (Å²) >= 11 is 0. The summed E-state index contributed by atoms with van der Waals surface area (Å²) in [5, 5.41) is 0. The Morgan fingerprint density at radius 3 is 0.0333 bits per heavy atom. The molecule has 0 unspecified atom stereocenters. The van der Waals surface area contributed by atoms with E-state index in [1.54, 1.807) is 0 Å². The van der Waals surface area contributed by atoms with Gasteiger partial charge in [-0.2, -0.15) is 0 Å². The van der Waals surface area contributed by atoms with E-state index < -0.39 is 0 Å². The van der Waals surface area contributed by atoms with Crippen LogP contribution in [0.3, 0.4) is 0 Å². The van der Waals surface area contributed by atoms with Crippen LogP contribution in [-0.2, 0) is 0 Å². The van der Waals surface area contributed by atoms with Gasteiger partial charge in [-0.1, -0.05) is 0 Å². The van der Waals surface area contributed by atoms with Crippen molar-refractivity contribution in [3.63, 3.8) is 0 Å². The second kappa shape index (κ2) is 30400. The molecule has 0 aromatic heterocycles. The third kappa shape index (κ3) is 28800. The SMILES string of the molecule is N.N.N.N.N.N.N.N.N.N.N.N.N.N.N.N.N.N.N.N.N.N.N.N.N.N.N.N.N.N.N.N.N.N.N.N.N.N.N.N.N.N.N.N.N.N.N.N.N.N.N.N.N.N.N.O.O.O.O.O. The summed E-state index contributed by atoms with van der Waals surface area (Å²) in [4.78, 5) is 0. The first-order chi connectivity index (χ1) is 0. The van der Waals surface area contributed by atoms with E-state index in [-0.39, 0.29) is 366 Å². The Balaban J connectivity index is 0. The molecule has 0 saturated carbocycles. The molecule has 0 bridgehead atoms. The van der Waals surface area contributed by atoms with Crippen molar-refractivity contribution in [2.24, 2.45) is 0 Å². The van der Waals surface area contributed by atoms with E-state index in [2.05, 4.69) is 0 Å². The third-order valence-electron chi connectivity index (χ3n) is 0. The van der Waals surface area contributed by atoms with Crippen LogP contribution < -0.4 is 338 Å². The molecule has 0 heterocycles. The monoisotopic (exact) mass is 1030 g/mol. The van der Waals surface area contributed by atoms with Gasteiger partial charge in [0.05, 0.1) is 0 Å². The normalized spacial score (nSPS) is 0. The van der Waals surface area contributed by atoms with Gasteiger partial charge in [-0.05, 0) is 0 Å². The van der Waals surface area contributed by atoms with Crippen molar-refractivity contribution >= 4 is 0 Å². The van der Waals surface area contributed by atoms with E-state index in [1.807, 2.05) is 0 Å². The first-order valence-corrected chi connectivity index (χ1v) is 0. The van der Waals surface area contributed by atoms with Crippen LogP contribution in [0.2, 0.25) is 0 Å². The maximum absolute atomic E-state index is 0. The van der Waals surface area contributed by atoms with E-state index in [1.165, 1.54) is 0 Å². The van der Waals surface area contributed by atoms with Crippen LogP contribution in [0.25, 0.3) is 0 Å². The fourth-order valence-electron chi connectivity index (χ4n) is 0. The molecule has 0 radical (unpaired) electrons. The van der Waals surface area contributed by atoms with Crippen molar-refractivity contribution in [2.75, 3.05) is 0 Å². The Morgan fingerprint density at radius 2 is 0.0333 bits per heavy atom. The van der Waals surface area contributed by atoms with Gasteiger partial charge in [0.1, 0.15) is 0 Å². The van der Waals surface area contributed by atoms with E-state index in [4.69, 9.17) is 0 Å². The molecule has 0 aromatic carbocycles. The highest BCUT2D eigenvalue weighted by atomic mass is 16.0. The second-order valence-corrected chi connectivity index (χ2v) is 0. The van der Waals surface area contributed by atoms with Gasteiger partial charge in [0.2, 0.25) is 0 Å². The van der Waals surface area contributed by atoms with Crippen LogP contribution in [0.5, 0.6) is 0 Å². The van der Waals surface area contributed by atoms with Crippen LogP contribution in [0, 0.1) is 0 Å². The lowest BCUT2D eigenvalue weighted by Crippen LogP contribution is -0.482. The maximum Gasteiger partial charge on any atom is -0.344 e. The average molecular weight is 1030 g/mol. The van der Waals surface area contributed by atoms with Crippen LogP contribution >= 0.6 is 0 Å². The number of hydrogen-bond acceptors (Lipinski definition) is 55. The van der Waals surface area contributed by atoms with Gasteiger partial charge >= 0.3 is 0 Å². The molecule has 0 aliphatic rings. The van der Waals surface area contributed by atoms with E-state index in [9.17, 15) is 0 Å². The largest absolute Gasteiger partial charge is 0.412 e.